The number of carbonyl (C=O) groups excluding carboxylic acids is 2. The van der Waals surface area contributed by atoms with Gasteiger partial charge in [-0.05, 0) is 38.5 Å². The van der Waals surface area contributed by atoms with Gasteiger partial charge in [-0.2, -0.15) is 0 Å². The molecule has 1 aliphatic carbocycles. The highest BCUT2D eigenvalue weighted by Gasteiger charge is 2.37. The molecule has 0 aromatic carbocycles. The van der Waals surface area contributed by atoms with Gasteiger partial charge in [-0.1, -0.05) is 13.8 Å². The lowest BCUT2D eigenvalue weighted by Gasteiger charge is -2.35. The number of hydrogen-bond donors (Lipinski definition) is 0. The van der Waals surface area contributed by atoms with E-state index in [9.17, 15) is 9.59 Å². The molecule has 1 heterocycles. The Balaban J connectivity index is 1.92. The molecular weight excluding hydrogens is 252 g/mol. The van der Waals surface area contributed by atoms with Crippen LogP contribution in [0.2, 0.25) is 0 Å². The van der Waals surface area contributed by atoms with Crippen LogP contribution in [0.3, 0.4) is 0 Å². The molecule has 1 atom stereocenters. The van der Waals surface area contributed by atoms with Crippen LogP contribution in [0.25, 0.3) is 0 Å². The Labute approximate surface area is 122 Å². The first-order valence-corrected chi connectivity index (χ1v) is 8.24. The predicted octanol–water partition coefficient (Wildman–Crippen LogP) is 2.28. The van der Waals surface area contributed by atoms with Gasteiger partial charge in [0.25, 0.3) is 0 Å². The molecule has 4 heteroatoms. The van der Waals surface area contributed by atoms with Crippen molar-refractivity contribution >= 4 is 11.8 Å². The SMILES string of the molecule is CCCN(CCC)C(=O)C1CCCN(C(=O)C2CC2)C1. The summed E-state index contributed by atoms with van der Waals surface area (Å²) < 4.78 is 0. The molecule has 0 radical (unpaired) electrons. The molecule has 4 nitrogen and oxygen atoms in total. The quantitative estimate of drug-likeness (QED) is 0.749. The van der Waals surface area contributed by atoms with Gasteiger partial charge in [-0.15, -0.1) is 0 Å². The zero-order chi connectivity index (χ0) is 14.5. The number of rotatable bonds is 6. The summed E-state index contributed by atoms with van der Waals surface area (Å²) in [6.07, 6.45) is 6.02. The van der Waals surface area contributed by atoms with Crippen molar-refractivity contribution in [3.8, 4) is 0 Å². The summed E-state index contributed by atoms with van der Waals surface area (Å²) in [5.41, 5.74) is 0. The largest absolute Gasteiger partial charge is 0.342 e. The lowest BCUT2D eigenvalue weighted by molar-refractivity contribution is -0.141. The number of nitrogens with zero attached hydrogens (tertiary/aromatic N) is 2. The van der Waals surface area contributed by atoms with E-state index >= 15 is 0 Å². The van der Waals surface area contributed by atoms with Crippen molar-refractivity contribution in [1.29, 1.82) is 0 Å². The molecule has 2 amide bonds. The van der Waals surface area contributed by atoms with Gasteiger partial charge in [0, 0.05) is 32.1 Å². The highest BCUT2D eigenvalue weighted by atomic mass is 16.2. The van der Waals surface area contributed by atoms with Gasteiger partial charge in [-0.25, -0.2) is 0 Å². The van der Waals surface area contributed by atoms with E-state index in [0.29, 0.717) is 12.5 Å². The number of amides is 2. The van der Waals surface area contributed by atoms with E-state index in [1.807, 2.05) is 9.80 Å². The van der Waals surface area contributed by atoms with Crippen molar-refractivity contribution in [2.24, 2.45) is 11.8 Å². The van der Waals surface area contributed by atoms with Gasteiger partial charge >= 0.3 is 0 Å². The van der Waals surface area contributed by atoms with Crippen LogP contribution < -0.4 is 0 Å². The Kier molecular flexibility index (Phi) is 5.44. The minimum Gasteiger partial charge on any atom is -0.342 e. The first kappa shape index (κ1) is 15.3. The molecule has 2 rings (SSSR count). The van der Waals surface area contributed by atoms with Crippen LogP contribution in [-0.2, 0) is 9.59 Å². The molecule has 0 aromatic heterocycles. The maximum atomic E-state index is 12.6. The summed E-state index contributed by atoms with van der Waals surface area (Å²) in [4.78, 5) is 28.7. The molecule has 2 fully saturated rings. The van der Waals surface area contributed by atoms with Crippen LogP contribution in [-0.4, -0.2) is 47.8 Å². The first-order valence-electron chi connectivity index (χ1n) is 8.24. The summed E-state index contributed by atoms with van der Waals surface area (Å²) in [5.74, 6) is 0.859. The van der Waals surface area contributed by atoms with Crippen molar-refractivity contribution in [1.82, 2.24) is 9.80 Å². The standard InChI is InChI=1S/C16H28N2O2/c1-3-9-17(10-4-2)16(20)14-6-5-11-18(12-14)15(19)13-7-8-13/h13-14H,3-12H2,1-2H3. The molecule has 1 saturated carbocycles. The molecule has 0 N–H and O–H groups in total. The Hall–Kier alpha value is -1.06. The van der Waals surface area contributed by atoms with E-state index < -0.39 is 0 Å². The van der Waals surface area contributed by atoms with E-state index in [-0.39, 0.29) is 17.7 Å². The second-order valence-electron chi connectivity index (χ2n) is 6.22. The average molecular weight is 280 g/mol. The second kappa shape index (κ2) is 7.09. The number of likely N-dealkylation sites (tertiary alicyclic amines) is 1. The van der Waals surface area contributed by atoms with Crippen molar-refractivity contribution < 1.29 is 9.59 Å². The number of piperidine rings is 1. The van der Waals surface area contributed by atoms with Gasteiger partial charge in [0.05, 0.1) is 5.92 Å². The van der Waals surface area contributed by atoms with Crippen molar-refractivity contribution in [3.63, 3.8) is 0 Å². The van der Waals surface area contributed by atoms with Crippen LogP contribution in [0, 0.1) is 11.8 Å². The van der Waals surface area contributed by atoms with E-state index in [1.54, 1.807) is 0 Å². The Morgan fingerprint density at radius 1 is 1.05 bits per heavy atom. The number of carbonyl (C=O) groups is 2. The van der Waals surface area contributed by atoms with Gasteiger partial charge in [0.2, 0.25) is 11.8 Å². The first-order chi connectivity index (χ1) is 9.67. The predicted molar refractivity (Wildman–Crippen MR) is 79.2 cm³/mol. The van der Waals surface area contributed by atoms with E-state index in [0.717, 1.165) is 58.2 Å². The van der Waals surface area contributed by atoms with Crippen LogP contribution in [0.4, 0.5) is 0 Å². The van der Waals surface area contributed by atoms with E-state index in [1.165, 1.54) is 0 Å². The zero-order valence-corrected chi connectivity index (χ0v) is 12.9. The fraction of sp³-hybridized carbons (Fsp3) is 0.875. The Morgan fingerprint density at radius 2 is 1.70 bits per heavy atom. The average Bonchev–Trinajstić information content (AvgIpc) is 3.30. The smallest absolute Gasteiger partial charge is 0.227 e. The maximum Gasteiger partial charge on any atom is 0.227 e. The molecule has 0 bridgehead atoms. The zero-order valence-electron chi connectivity index (χ0n) is 12.9. The van der Waals surface area contributed by atoms with E-state index in [2.05, 4.69) is 13.8 Å². The monoisotopic (exact) mass is 280 g/mol. The molecule has 20 heavy (non-hydrogen) atoms. The molecule has 2 aliphatic rings. The molecule has 1 aliphatic heterocycles. The van der Waals surface area contributed by atoms with Gasteiger partial charge < -0.3 is 9.80 Å². The molecule has 0 spiro atoms. The van der Waals surface area contributed by atoms with Gasteiger partial charge in [0.15, 0.2) is 0 Å². The van der Waals surface area contributed by atoms with Crippen molar-refractivity contribution in [2.45, 2.75) is 52.4 Å². The van der Waals surface area contributed by atoms with Crippen LogP contribution in [0.1, 0.15) is 52.4 Å². The summed E-state index contributed by atoms with van der Waals surface area (Å²) in [7, 11) is 0. The molecular formula is C16H28N2O2. The third-order valence-corrected chi connectivity index (χ3v) is 4.31. The van der Waals surface area contributed by atoms with Crippen molar-refractivity contribution in [3.05, 3.63) is 0 Å². The number of hydrogen-bond acceptors (Lipinski definition) is 2. The normalized spacial score (nSPS) is 22.7. The highest BCUT2D eigenvalue weighted by Crippen LogP contribution is 2.32. The van der Waals surface area contributed by atoms with Crippen LogP contribution in [0.15, 0.2) is 0 Å². The Bertz CT molecular complexity index is 346. The molecule has 114 valence electrons. The molecule has 1 unspecified atom stereocenters. The minimum absolute atomic E-state index is 0.0320. The summed E-state index contributed by atoms with van der Waals surface area (Å²) in [6.45, 7) is 7.41. The third kappa shape index (κ3) is 3.74. The summed E-state index contributed by atoms with van der Waals surface area (Å²) in [6, 6.07) is 0. The molecule has 1 saturated heterocycles. The third-order valence-electron chi connectivity index (χ3n) is 4.31. The topological polar surface area (TPSA) is 40.6 Å². The second-order valence-corrected chi connectivity index (χ2v) is 6.22. The van der Waals surface area contributed by atoms with E-state index in [4.69, 9.17) is 0 Å². The lowest BCUT2D eigenvalue weighted by atomic mass is 9.96. The van der Waals surface area contributed by atoms with Gasteiger partial charge in [-0.3, -0.25) is 9.59 Å². The fourth-order valence-electron chi connectivity index (χ4n) is 3.10. The van der Waals surface area contributed by atoms with Crippen LogP contribution in [0.5, 0.6) is 0 Å². The minimum atomic E-state index is 0.0320. The summed E-state index contributed by atoms with van der Waals surface area (Å²) in [5, 5.41) is 0. The highest BCUT2D eigenvalue weighted by molar-refractivity contribution is 5.83. The maximum absolute atomic E-state index is 12.6. The molecule has 0 aromatic rings. The van der Waals surface area contributed by atoms with Crippen LogP contribution >= 0.6 is 0 Å². The Morgan fingerprint density at radius 3 is 2.25 bits per heavy atom. The lowest BCUT2D eigenvalue weighted by Crippen LogP contribution is -2.47. The van der Waals surface area contributed by atoms with Gasteiger partial charge in [0.1, 0.15) is 0 Å². The van der Waals surface area contributed by atoms with Crippen molar-refractivity contribution in [2.75, 3.05) is 26.2 Å². The summed E-state index contributed by atoms with van der Waals surface area (Å²) >= 11 is 0. The fourth-order valence-corrected chi connectivity index (χ4v) is 3.10.